The molecule has 0 amide bonds. The molecule has 4 aliphatic rings. The Morgan fingerprint density at radius 3 is 2.29 bits per heavy atom. The Hall–Kier alpha value is -2.93. The van der Waals surface area contributed by atoms with Crippen LogP contribution in [-0.4, -0.2) is 30.7 Å². The summed E-state index contributed by atoms with van der Waals surface area (Å²) in [4.78, 5) is 27.0. The molecule has 4 fully saturated rings. The molecule has 0 N–H and O–H groups in total. The topological polar surface area (TPSA) is 69.3 Å². The fraction of sp³-hybridized carbons (Fsp3) is 0.429. The number of para-hydroxylation sites is 1. The molecule has 4 bridgehead atoms. The molecule has 0 aliphatic heterocycles. The van der Waals surface area contributed by atoms with E-state index in [9.17, 15) is 9.59 Å². The van der Waals surface area contributed by atoms with Gasteiger partial charge in [0.15, 0.2) is 5.16 Å². The van der Waals surface area contributed by atoms with Crippen LogP contribution < -0.4 is 5.56 Å². The number of carbonyl (C=O) groups excluding carboxylic acids is 1. The maximum atomic E-state index is 13.6. The fourth-order valence-electron chi connectivity index (χ4n) is 7.47. The number of benzene rings is 2. The van der Waals surface area contributed by atoms with Gasteiger partial charge in [0, 0.05) is 5.41 Å². The molecule has 8 rings (SSSR count). The number of Topliss-reactive ketones (excluding diaryl/α,β-unsaturated/α-hetero) is 1. The van der Waals surface area contributed by atoms with Crippen LogP contribution in [0.25, 0.3) is 16.7 Å². The molecule has 4 aliphatic carbocycles. The monoisotopic (exact) mass is 484 g/mol. The molecule has 178 valence electrons. The summed E-state index contributed by atoms with van der Waals surface area (Å²) in [6, 6.07) is 17.5. The minimum atomic E-state index is -0.111. The van der Waals surface area contributed by atoms with Gasteiger partial charge in [0.05, 0.1) is 23.2 Å². The van der Waals surface area contributed by atoms with Crippen molar-refractivity contribution in [2.75, 3.05) is 5.75 Å². The first-order chi connectivity index (χ1) is 17.1. The van der Waals surface area contributed by atoms with E-state index in [0.717, 1.165) is 48.1 Å². The highest BCUT2D eigenvalue weighted by atomic mass is 32.2. The Kier molecular flexibility index (Phi) is 4.91. The van der Waals surface area contributed by atoms with Gasteiger partial charge < -0.3 is 0 Å². The van der Waals surface area contributed by atoms with Crippen molar-refractivity contribution >= 4 is 34.2 Å². The molecule has 0 saturated heterocycles. The summed E-state index contributed by atoms with van der Waals surface area (Å²) in [5.41, 5.74) is 1.62. The van der Waals surface area contributed by atoms with Crippen LogP contribution in [-0.2, 0) is 11.3 Å². The molecular formula is C28H28N4O2S. The Balaban J connectivity index is 1.25. The van der Waals surface area contributed by atoms with Crippen molar-refractivity contribution < 1.29 is 4.79 Å². The lowest BCUT2D eigenvalue weighted by Gasteiger charge is -2.56. The van der Waals surface area contributed by atoms with Gasteiger partial charge >= 0.3 is 0 Å². The maximum Gasteiger partial charge on any atom is 0.263 e. The number of carbonyl (C=O) groups is 1. The summed E-state index contributed by atoms with van der Waals surface area (Å²) in [7, 11) is 0. The number of ketones is 1. The lowest BCUT2D eigenvalue weighted by atomic mass is 9.48. The van der Waals surface area contributed by atoms with Gasteiger partial charge in [0.1, 0.15) is 5.78 Å². The third kappa shape index (κ3) is 3.46. The van der Waals surface area contributed by atoms with E-state index in [1.165, 1.54) is 31.0 Å². The van der Waals surface area contributed by atoms with Crippen molar-refractivity contribution in [1.29, 1.82) is 0 Å². The zero-order chi connectivity index (χ0) is 23.6. The maximum absolute atomic E-state index is 13.6. The second-order valence-electron chi connectivity index (χ2n) is 10.9. The first-order valence-corrected chi connectivity index (χ1v) is 13.6. The average Bonchev–Trinajstić information content (AvgIpc) is 3.29. The molecule has 6 nitrogen and oxygen atoms in total. The smallest absolute Gasteiger partial charge is 0.263 e. The minimum absolute atomic E-state index is 0.0782. The van der Waals surface area contributed by atoms with Crippen LogP contribution in [0.1, 0.15) is 44.1 Å². The molecule has 7 heteroatoms. The van der Waals surface area contributed by atoms with E-state index in [-0.39, 0.29) is 11.0 Å². The van der Waals surface area contributed by atoms with Gasteiger partial charge in [0.25, 0.3) is 5.56 Å². The van der Waals surface area contributed by atoms with Gasteiger partial charge in [-0.25, -0.2) is 0 Å². The predicted molar refractivity (Wildman–Crippen MR) is 137 cm³/mol. The van der Waals surface area contributed by atoms with Crippen LogP contribution in [0, 0.1) is 23.2 Å². The normalized spacial score (nSPS) is 27.1. The van der Waals surface area contributed by atoms with Gasteiger partial charge in [-0.05, 0) is 74.0 Å². The molecule has 0 radical (unpaired) electrons. The Morgan fingerprint density at radius 1 is 0.914 bits per heavy atom. The van der Waals surface area contributed by atoms with Crippen LogP contribution in [0.3, 0.4) is 0 Å². The van der Waals surface area contributed by atoms with E-state index in [0.29, 0.717) is 34.4 Å². The van der Waals surface area contributed by atoms with E-state index in [1.807, 2.05) is 59.0 Å². The van der Waals surface area contributed by atoms with E-state index in [2.05, 4.69) is 10.2 Å². The summed E-state index contributed by atoms with van der Waals surface area (Å²) in [5, 5.41) is 10.2. The van der Waals surface area contributed by atoms with Crippen LogP contribution >= 0.6 is 11.8 Å². The molecule has 4 saturated carbocycles. The minimum Gasteiger partial charge on any atom is -0.298 e. The van der Waals surface area contributed by atoms with Gasteiger partial charge in [-0.1, -0.05) is 54.2 Å². The van der Waals surface area contributed by atoms with Gasteiger partial charge in [-0.2, -0.15) is 0 Å². The quantitative estimate of drug-likeness (QED) is 0.362. The van der Waals surface area contributed by atoms with Crippen LogP contribution in [0.4, 0.5) is 0 Å². The van der Waals surface area contributed by atoms with Gasteiger partial charge in [-0.3, -0.25) is 18.6 Å². The fourth-order valence-corrected chi connectivity index (χ4v) is 8.44. The van der Waals surface area contributed by atoms with Crippen molar-refractivity contribution in [3.05, 3.63) is 70.5 Å². The molecule has 4 aromatic rings. The number of nitrogens with zero attached hydrogens (tertiary/aromatic N) is 4. The Morgan fingerprint density at radius 2 is 1.57 bits per heavy atom. The molecule has 2 heterocycles. The molecule has 0 atom stereocenters. The van der Waals surface area contributed by atoms with Gasteiger partial charge in [0.2, 0.25) is 5.78 Å². The molecule has 0 spiro atoms. The number of fused-ring (bicyclic) bond motifs is 3. The van der Waals surface area contributed by atoms with Gasteiger partial charge in [-0.15, -0.1) is 10.2 Å². The molecular weight excluding hydrogens is 456 g/mol. The number of aromatic nitrogens is 4. The van der Waals surface area contributed by atoms with Crippen LogP contribution in [0.15, 0.2) is 64.5 Å². The van der Waals surface area contributed by atoms with E-state index >= 15 is 0 Å². The zero-order valence-electron chi connectivity index (χ0n) is 19.6. The Bertz CT molecular complexity index is 1470. The average molecular weight is 485 g/mol. The summed E-state index contributed by atoms with van der Waals surface area (Å²) in [5.74, 6) is 3.57. The standard InChI is InChI=1S/C28H28N4O2S/c33-24(28-13-19-10-20(14-28)12-21(11-19)15-28)17-35-27-30-29-26-31(16-18-6-2-1-3-7-18)25(34)22-8-4-5-9-23(22)32(26)27/h1-9,19-21H,10-17H2. The Labute approximate surface area is 207 Å². The van der Waals surface area contributed by atoms with Crippen molar-refractivity contribution in [1.82, 2.24) is 19.2 Å². The largest absolute Gasteiger partial charge is 0.298 e. The van der Waals surface area contributed by atoms with Crippen LogP contribution in [0.5, 0.6) is 0 Å². The van der Waals surface area contributed by atoms with E-state index < -0.39 is 0 Å². The summed E-state index contributed by atoms with van der Waals surface area (Å²) in [6.45, 7) is 0.420. The van der Waals surface area contributed by atoms with E-state index in [1.54, 1.807) is 4.57 Å². The molecule has 0 unspecified atom stereocenters. The first-order valence-electron chi connectivity index (χ1n) is 12.7. The summed E-state index contributed by atoms with van der Waals surface area (Å²) >= 11 is 1.47. The highest BCUT2D eigenvalue weighted by molar-refractivity contribution is 7.99. The molecule has 2 aromatic carbocycles. The van der Waals surface area contributed by atoms with Crippen molar-refractivity contribution in [3.63, 3.8) is 0 Å². The third-order valence-electron chi connectivity index (χ3n) is 8.62. The lowest BCUT2D eigenvalue weighted by molar-refractivity contribution is -0.141. The molecule has 2 aromatic heterocycles. The van der Waals surface area contributed by atoms with E-state index in [4.69, 9.17) is 0 Å². The predicted octanol–water partition coefficient (Wildman–Crippen LogP) is 4.97. The number of hydrogen-bond donors (Lipinski definition) is 0. The highest BCUT2D eigenvalue weighted by Crippen LogP contribution is 2.60. The number of hydrogen-bond acceptors (Lipinski definition) is 5. The van der Waals surface area contributed by atoms with Crippen molar-refractivity contribution in [2.24, 2.45) is 23.2 Å². The second kappa shape index (κ2) is 8.05. The number of thioether (sulfide) groups is 1. The van der Waals surface area contributed by atoms with Crippen molar-refractivity contribution in [2.45, 2.75) is 50.2 Å². The second-order valence-corrected chi connectivity index (χ2v) is 11.9. The molecule has 35 heavy (non-hydrogen) atoms. The third-order valence-corrected chi connectivity index (χ3v) is 9.55. The summed E-state index contributed by atoms with van der Waals surface area (Å²) < 4.78 is 3.65. The zero-order valence-corrected chi connectivity index (χ0v) is 20.4. The summed E-state index contributed by atoms with van der Waals surface area (Å²) in [6.07, 6.45) is 7.24. The number of rotatable bonds is 6. The van der Waals surface area contributed by atoms with Crippen molar-refractivity contribution in [3.8, 4) is 0 Å². The highest BCUT2D eigenvalue weighted by Gasteiger charge is 2.54. The SMILES string of the molecule is O=C(CSc1nnc2n(Cc3ccccc3)c(=O)c3ccccc3n12)C12CC3CC(CC(C3)C1)C2. The first kappa shape index (κ1) is 21.4. The lowest BCUT2D eigenvalue weighted by Crippen LogP contribution is -2.50. The van der Waals surface area contributed by atoms with Crippen LogP contribution in [0.2, 0.25) is 0 Å².